The lowest BCUT2D eigenvalue weighted by molar-refractivity contribution is -0.119. The summed E-state index contributed by atoms with van der Waals surface area (Å²) in [5.74, 6) is -1.84. The van der Waals surface area contributed by atoms with Gasteiger partial charge in [-0.2, -0.15) is 0 Å². The van der Waals surface area contributed by atoms with E-state index in [9.17, 15) is 23.2 Å². The van der Waals surface area contributed by atoms with Gasteiger partial charge in [0.25, 0.3) is 0 Å². The van der Waals surface area contributed by atoms with Crippen molar-refractivity contribution in [3.8, 4) is 11.3 Å². The maximum absolute atomic E-state index is 13.0. The van der Waals surface area contributed by atoms with Gasteiger partial charge in [0.2, 0.25) is 11.8 Å². The van der Waals surface area contributed by atoms with Gasteiger partial charge in [-0.15, -0.1) is 11.3 Å². The van der Waals surface area contributed by atoms with Crippen LogP contribution in [0.2, 0.25) is 0 Å². The number of nitrogens with zero attached hydrogens (tertiary/aromatic N) is 1. The topological polar surface area (TPSA) is 88.2 Å². The van der Waals surface area contributed by atoms with Crippen LogP contribution >= 0.6 is 23.1 Å². The standard InChI is InChI=1S/C11H8F2N2OS.C9H17NO2S/c1-6(16)14-11-15-10(5-17-11)7-2-3-8(12)9(13)4-7;1-3-4-5-6-10-9(12)7-13-8(2)11/h2-5H,1H3,(H,14,15,16);3-7H2,1-2H3,(H,10,12). The summed E-state index contributed by atoms with van der Waals surface area (Å²) in [5, 5.41) is 7.36. The van der Waals surface area contributed by atoms with Crippen LogP contribution in [0.5, 0.6) is 0 Å². The number of anilines is 1. The van der Waals surface area contributed by atoms with Crippen molar-refractivity contribution in [3.63, 3.8) is 0 Å². The zero-order valence-electron chi connectivity index (χ0n) is 17.1. The summed E-state index contributed by atoms with van der Waals surface area (Å²) < 4.78 is 25.8. The molecule has 2 N–H and O–H groups in total. The van der Waals surface area contributed by atoms with Crippen LogP contribution in [-0.4, -0.2) is 34.2 Å². The van der Waals surface area contributed by atoms with Crippen molar-refractivity contribution < 1.29 is 23.2 Å². The minimum absolute atomic E-state index is 0.0105. The van der Waals surface area contributed by atoms with Crippen LogP contribution in [0.1, 0.15) is 40.0 Å². The van der Waals surface area contributed by atoms with Gasteiger partial charge < -0.3 is 10.6 Å². The number of unbranched alkanes of at least 4 members (excludes halogenated alkanes) is 2. The molecule has 1 aromatic heterocycles. The highest BCUT2D eigenvalue weighted by Crippen LogP contribution is 2.25. The van der Waals surface area contributed by atoms with Crippen molar-refractivity contribution >= 4 is 45.2 Å². The first-order chi connectivity index (χ1) is 14.2. The van der Waals surface area contributed by atoms with Gasteiger partial charge in [-0.1, -0.05) is 31.5 Å². The molecular weight excluding hydrogens is 432 g/mol. The van der Waals surface area contributed by atoms with E-state index >= 15 is 0 Å². The molecule has 30 heavy (non-hydrogen) atoms. The van der Waals surface area contributed by atoms with Gasteiger partial charge in [0.15, 0.2) is 21.9 Å². The third-order valence-corrected chi connectivity index (χ3v) is 5.08. The number of nitrogens with one attached hydrogen (secondary N) is 2. The molecular formula is C20H25F2N3O3S2. The summed E-state index contributed by atoms with van der Waals surface area (Å²) in [4.78, 5) is 36.4. The predicted molar refractivity (Wildman–Crippen MR) is 117 cm³/mol. The zero-order chi connectivity index (χ0) is 22.5. The molecule has 0 fully saturated rings. The quantitative estimate of drug-likeness (QED) is 0.565. The molecule has 0 unspecified atom stereocenters. The Morgan fingerprint density at radius 2 is 1.87 bits per heavy atom. The van der Waals surface area contributed by atoms with Crippen molar-refractivity contribution in [2.24, 2.45) is 0 Å². The van der Waals surface area contributed by atoms with Gasteiger partial charge in [-0.25, -0.2) is 13.8 Å². The van der Waals surface area contributed by atoms with Crippen LogP contribution in [0.3, 0.4) is 0 Å². The van der Waals surface area contributed by atoms with E-state index in [1.54, 1.807) is 5.38 Å². The second-order valence-electron chi connectivity index (χ2n) is 6.19. The van der Waals surface area contributed by atoms with Crippen molar-refractivity contribution in [1.82, 2.24) is 10.3 Å². The van der Waals surface area contributed by atoms with E-state index in [1.165, 1.54) is 31.3 Å². The Labute approximate surface area is 182 Å². The number of amides is 2. The number of thiazole rings is 1. The molecule has 0 saturated carbocycles. The number of aromatic nitrogens is 1. The number of hydrogen-bond donors (Lipinski definition) is 2. The Morgan fingerprint density at radius 1 is 1.13 bits per heavy atom. The second-order valence-corrected chi connectivity index (χ2v) is 8.20. The van der Waals surface area contributed by atoms with Crippen molar-refractivity contribution in [1.29, 1.82) is 0 Å². The number of carbonyl (C=O) groups excluding carboxylic acids is 3. The summed E-state index contributed by atoms with van der Waals surface area (Å²) in [6, 6.07) is 3.55. The Balaban J connectivity index is 0.000000314. The maximum Gasteiger partial charge on any atom is 0.230 e. The molecule has 0 aliphatic heterocycles. The molecule has 2 rings (SSSR count). The molecule has 2 aromatic rings. The monoisotopic (exact) mass is 457 g/mol. The van der Waals surface area contributed by atoms with Crippen LogP contribution in [0.15, 0.2) is 23.6 Å². The molecule has 0 spiro atoms. The van der Waals surface area contributed by atoms with E-state index in [0.717, 1.165) is 49.7 Å². The van der Waals surface area contributed by atoms with E-state index in [2.05, 4.69) is 22.5 Å². The summed E-state index contributed by atoms with van der Waals surface area (Å²) >= 11 is 2.28. The number of carbonyl (C=O) groups is 3. The van der Waals surface area contributed by atoms with Gasteiger partial charge in [0.1, 0.15) is 0 Å². The third kappa shape index (κ3) is 10.4. The van der Waals surface area contributed by atoms with E-state index < -0.39 is 11.6 Å². The van der Waals surface area contributed by atoms with E-state index in [0.29, 0.717) is 16.4 Å². The average molecular weight is 458 g/mol. The first-order valence-corrected chi connectivity index (χ1v) is 11.2. The number of halogens is 2. The fourth-order valence-electron chi connectivity index (χ4n) is 2.09. The Morgan fingerprint density at radius 3 is 2.47 bits per heavy atom. The van der Waals surface area contributed by atoms with Crippen molar-refractivity contribution in [3.05, 3.63) is 35.2 Å². The van der Waals surface area contributed by atoms with Gasteiger partial charge in [-0.3, -0.25) is 14.4 Å². The summed E-state index contributed by atoms with van der Waals surface area (Å²) in [6.07, 6.45) is 3.31. The first kappa shape index (κ1) is 25.7. The molecule has 0 radical (unpaired) electrons. The number of thioether (sulfide) groups is 1. The van der Waals surface area contributed by atoms with Crippen LogP contribution in [-0.2, 0) is 14.4 Å². The highest BCUT2D eigenvalue weighted by Gasteiger charge is 2.08. The molecule has 0 atom stereocenters. The second kappa shape index (κ2) is 13.8. The number of benzene rings is 1. The fourth-order valence-corrected chi connectivity index (χ4v) is 3.29. The van der Waals surface area contributed by atoms with Gasteiger partial charge in [-0.05, 0) is 24.6 Å². The number of rotatable bonds is 8. The average Bonchev–Trinajstić information content (AvgIpc) is 3.14. The van der Waals surface area contributed by atoms with Crippen LogP contribution in [0.4, 0.5) is 13.9 Å². The SMILES string of the molecule is CC(=O)Nc1nc(-c2ccc(F)c(F)c2)cs1.CCCCCNC(=O)CSC(C)=O. The Hall–Kier alpha value is -2.33. The summed E-state index contributed by atoms with van der Waals surface area (Å²) in [6.45, 7) is 5.69. The summed E-state index contributed by atoms with van der Waals surface area (Å²) in [7, 11) is 0. The highest BCUT2D eigenvalue weighted by molar-refractivity contribution is 8.14. The first-order valence-electron chi connectivity index (χ1n) is 9.31. The zero-order valence-corrected chi connectivity index (χ0v) is 18.7. The van der Waals surface area contributed by atoms with Crippen molar-refractivity contribution in [2.45, 2.75) is 40.0 Å². The van der Waals surface area contributed by atoms with Crippen LogP contribution < -0.4 is 10.6 Å². The van der Waals surface area contributed by atoms with Gasteiger partial charge >= 0.3 is 0 Å². The molecule has 164 valence electrons. The Kier molecular flexibility index (Phi) is 11.8. The lowest BCUT2D eigenvalue weighted by Gasteiger charge is -2.02. The minimum Gasteiger partial charge on any atom is -0.355 e. The smallest absolute Gasteiger partial charge is 0.230 e. The number of hydrogen-bond acceptors (Lipinski definition) is 6. The molecule has 10 heteroatoms. The van der Waals surface area contributed by atoms with E-state index in [4.69, 9.17) is 0 Å². The fraction of sp³-hybridized carbons (Fsp3) is 0.400. The molecule has 0 saturated heterocycles. The van der Waals surface area contributed by atoms with Crippen molar-refractivity contribution in [2.75, 3.05) is 17.6 Å². The molecule has 1 heterocycles. The third-order valence-electron chi connectivity index (χ3n) is 3.51. The molecule has 0 aliphatic carbocycles. The lowest BCUT2D eigenvalue weighted by Crippen LogP contribution is -2.26. The highest BCUT2D eigenvalue weighted by atomic mass is 32.2. The molecule has 6 nitrogen and oxygen atoms in total. The van der Waals surface area contributed by atoms with Crippen LogP contribution in [0, 0.1) is 11.6 Å². The molecule has 0 aliphatic rings. The van der Waals surface area contributed by atoms with Gasteiger partial charge in [0, 0.05) is 31.3 Å². The van der Waals surface area contributed by atoms with E-state index in [1.807, 2.05) is 0 Å². The van der Waals surface area contributed by atoms with Gasteiger partial charge in [0.05, 0.1) is 11.4 Å². The Bertz CT molecular complexity index is 860. The largest absolute Gasteiger partial charge is 0.355 e. The molecule has 0 bridgehead atoms. The normalized spacial score (nSPS) is 10.0. The van der Waals surface area contributed by atoms with Crippen LogP contribution in [0.25, 0.3) is 11.3 Å². The molecule has 1 aromatic carbocycles. The lowest BCUT2D eigenvalue weighted by atomic mass is 10.2. The minimum atomic E-state index is -0.920. The van der Waals surface area contributed by atoms with E-state index in [-0.39, 0.29) is 22.7 Å². The molecule has 2 amide bonds. The predicted octanol–water partition coefficient (Wildman–Crippen LogP) is 4.62. The summed E-state index contributed by atoms with van der Waals surface area (Å²) in [5.41, 5.74) is 0.967. The maximum atomic E-state index is 13.0.